The molecule has 0 radical (unpaired) electrons. The van der Waals surface area contributed by atoms with Gasteiger partial charge in [-0.05, 0) is 73.2 Å². The Balaban J connectivity index is 1.29. The molecular weight excluding hydrogens is 392 g/mol. The van der Waals surface area contributed by atoms with Crippen molar-refractivity contribution in [3.63, 3.8) is 0 Å². The van der Waals surface area contributed by atoms with E-state index in [1.54, 1.807) is 6.07 Å². The average molecular weight is 417 g/mol. The van der Waals surface area contributed by atoms with E-state index in [0.717, 1.165) is 17.5 Å². The van der Waals surface area contributed by atoms with Gasteiger partial charge in [-0.1, -0.05) is 6.92 Å². The summed E-state index contributed by atoms with van der Waals surface area (Å²) < 4.78 is 38.3. The number of hydrogen-bond acceptors (Lipinski definition) is 4. The highest BCUT2D eigenvalue weighted by Crippen LogP contribution is 2.31. The van der Waals surface area contributed by atoms with E-state index in [9.17, 15) is 18.7 Å². The molecule has 2 aromatic carbocycles. The molecule has 4 unspecified atom stereocenters. The third-order valence-electron chi connectivity index (χ3n) is 5.85. The first-order chi connectivity index (χ1) is 14.4. The number of benzene rings is 2. The average Bonchev–Trinajstić information content (AvgIpc) is 2.75. The summed E-state index contributed by atoms with van der Waals surface area (Å²) in [7, 11) is 0. The molecule has 2 heterocycles. The molecule has 30 heavy (non-hydrogen) atoms. The topological polar surface area (TPSA) is 67.8 Å². The lowest BCUT2D eigenvalue weighted by Crippen LogP contribution is -2.48. The van der Waals surface area contributed by atoms with Gasteiger partial charge in [-0.3, -0.25) is 4.79 Å². The summed E-state index contributed by atoms with van der Waals surface area (Å²) in [6.07, 6.45) is 0.322. The van der Waals surface area contributed by atoms with E-state index in [1.807, 2.05) is 6.92 Å². The molecule has 0 saturated heterocycles. The van der Waals surface area contributed by atoms with E-state index < -0.39 is 18.1 Å². The van der Waals surface area contributed by atoms with Crippen molar-refractivity contribution >= 4 is 5.91 Å². The lowest BCUT2D eigenvalue weighted by atomic mass is 9.94. The fraction of sp³-hybridized carbons (Fsp3) is 0.435. The summed E-state index contributed by atoms with van der Waals surface area (Å²) in [5, 5.41) is 13.2. The summed E-state index contributed by atoms with van der Waals surface area (Å²) in [5.41, 5.74) is 1.59. The molecule has 0 aliphatic carbocycles. The number of ether oxygens (including phenoxy) is 2. The van der Waals surface area contributed by atoms with E-state index in [0.29, 0.717) is 37.3 Å². The van der Waals surface area contributed by atoms with Gasteiger partial charge in [-0.25, -0.2) is 8.78 Å². The van der Waals surface area contributed by atoms with E-state index in [2.05, 4.69) is 5.32 Å². The molecule has 0 bridgehead atoms. The zero-order valence-electron chi connectivity index (χ0n) is 16.7. The molecule has 0 spiro atoms. The first kappa shape index (κ1) is 20.6. The van der Waals surface area contributed by atoms with Gasteiger partial charge in [0, 0.05) is 12.5 Å². The number of aliphatic hydroxyl groups is 1. The van der Waals surface area contributed by atoms with Gasteiger partial charge in [0.1, 0.15) is 35.3 Å². The second-order valence-corrected chi connectivity index (χ2v) is 8.06. The standard InChI is InChI=1S/C23H25F2NO4/c1-13(18-6-2-14-10-16(24)4-8-19(14)29-18)12-26-23(28)22(27)21-7-3-15-11-17(25)5-9-20(15)30-21/h4-5,8-11,13,18,21-22,27H,2-3,6-7,12H2,1H3,(H,26,28). The van der Waals surface area contributed by atoms with E-state index in [1.165, 1.54) is 30.3 Å². The molecule has 2 N–H and O–H groups in total. The smallest absolute Gasteiger partial charge is 0.252 e. The van der Waals surface area contributed by atoms with Crippen LogP contribution in [0.25, 0.3) is 0 Å². The van der Waals surface area contributed by atoms with Crippen LogP contribution in [0.3, 0.4) is 0 Å². The van der Waals surface area contributed by atoms with Crippen LogP contribution in [0.5, 0.6) is 11.5 Å². The Labute approximate surface area is 174 Å². The SMILES string of the molecule is CC(CNC(=O)C(O)C1CCc2cc(F)ccc2O1)C1CCc2cc(F)ccc2O1. The van der Waals surface area contributed by atoms with Gasteiger partial charge in [0.25, 0.3) is 5.91 Å². The predicted molar refractivity (Wildman–Crippen MR) is 106 cm³/mol. The molecule has 160 valence electrons. The number of halogens is 2. The molecule has 4 rings (SSSR count). The van der Waals surface area contributed by atoms with Gasteiger partial charge in [-0.2, -0.15) is 0 Å². The summed E-state index contributed by atoms with van der Waals surface area (Å²) in [6, 6.07) is 8.73. The highest BCUT2D eigenvalue weighted by Gasteiger charge is 2.32. The van der Waals surface area contributed by atoms with Crippen LogP contribution in [0.15, 0.2) is 36.4 Å². The third kappa shape index (κ3) is 4.41. The Morgan fingerprint density at radius 3 is 2.17 bits per heavy atom. The maximum atomic E-state index is 13.3. The number of rotatable bonds is 5. The molecule has 0 aromatic heterocycles. The minimum atomic E-state index is -1.31. The Kier molecular flexibility index (Phi) is 5.90. The van der Waals surface area contributed by atoms with Crippen LogP contribution in [0, 0.1) is 17.6 Å². The van der Waals surface area contributed by atoms with Crippen molar-refractivity contribution < 1.29 is 28.2 Å². The summed E-state index contributed by atoms with van der Waals surface area (Å²) >= 11 is 0. The molecule has 0 fully saturated rings. The van der Waals surface area contributed by atoms with Crippen LogP contribution in [-0.4, -0.2) is 35.9 Å². The highest BCUT2D eigenvalue weighted by molar-refractivity contribution is 5.81. The van der Waals surface area contributed by atoms with Crippen molar-refractivity contribution in [1.29, 1.82) is 0 Å². The summed E-state index contributed by atoms with van der Waals surface area (Å²) in [5.74, 6) is 0.0738. The third-order valence-corrected chi connectivity index (χ3v) is 5.85. The molecule has 2 aliphatic rings. The lowest BCUT2D eigenvalue weighted by Gasteiger charge is -2.31. The predicted octanol–water partition coefficient (Wildman–Crippen LogP) is 3.17. The number of carbonyl (C=O) groups excluding carboxylic acids is 1. The fourth-order valence-corrected chi connectivity index (χ4v) is 4.05. The number of hydrogen-bond donors (Lipinski definition) is 2. The van der Waals surface area contributed by atoms with Gasteiger partial charge in [0.05, 0.1) is 0 Å². The summed E-state index contributed by atoms with van der Waals surface area (Å²) in [4.78, 5) is 12.4. The zero-order chi connectivity index (χ0) is 21.3. The number of fused-ring (bicyclic) bond motifs is 2. The second-order valence-electron chi connectivity index (χ2n) is 8.06. The van der Waals surface area contributed by atoms with E-state index >= 15 is 0 Å². The van der Waals surface area contributed by atoms with Gasteiger partial charge >= 0.3 is 0 Å². The Morgan fingerprint density at radius 1 is 1.03 bits per heavy atom. The maximum Gasteiger partial charge on any atom is 0.252 e. The largest absolute Gasteiger partial charge is 0.490 e. The van der Waals surface area contributed by atoms with E-state index in [-0.39, 0.29) is 23.7 Å². The first-order valence-corrected chi connectivity index (χ1v) is 10.3. The quantitative estimate of drug-likeness (QED) is 0.784. The van der Waals surface area contributed by atoms with Gasteiger partial charge in [0.15, 0.2) is 6.10 Å². The van der Waals surface area contributed by atoms with Crippen LogP contribution in [0.2, 0.25) is 0 Å². The van der Waals surface area contributed by atoms with Crippen molar-refractivity contribution in [3.05, 3.63) is 59.2 Å². The monoisotopic (exact) mass is 417 g/mol. The maximum absolute atomic E-state index is 13.3. The van der Waals surface area contributed by atoms with Gasteiger partial charge in [0.2, 0.25) is 0 Å². The lowest BCUT2D eigenvalue weighted by molar-refractivity contribution is -0.135. The van der Waals surface area contributed by atoms with Crippen molar-refractivity contribution in [1.82, 2.24) is 5.32 Å². The molecule has 2 aromatic rings. The molecule has 4 atom stereocenters. The molecular formula is C23H25F2NO4. The van der Waals surface area contributed by atoms with Crippen LogP contribution in [0.4, 0.5) is 8.78 Å². The van der Waals surface area contributed by atoms with Crippen LogP contribution >= 0.6 is 0 Å². The van der Waals surface area contributed by atoms with Crippen LogP contribution in [-0.2, 0) is 17.6 Å². The molecule has 7 heteroatoms. The number of aryl methyl sites for hydroxylation is 2. The number of carbonyl (C=O) groups is 1. The highest BCUT2D eigenvalue weighted by atomic mass is 19.1. The molecule has 2 aliphatic heterocycles. The fourth-order valence-electron chi connectivity index (χ4n) is 4.05. The van der Waals surface area contributed by atoms with Crippen molar-refractivity contribution in [2.45, 2.75) is 50.9 Å². The number of nitrogens with one attached hydrogen (secondary N) is 1. The van der Waals surface area contributed by atoms with E-state index in [4.69, 9.17) is 9.47 Å². The molecule has 1 amide bonds. The Bertz CT molecular complexity index is 935. The minimum absolute atomic E-state index is 0.00956. The van der Waals surface area contributed by atoms with Crippen molar-refractivity contribution in [3.8, 4) is 11.5 Å². The van der Waals surface area contributed by atoms with Gasteiger partial charge < -0.3 is 19.9 Å². The van der Waals surface area contributed by atoms with Crippen molar-refractivity contribution in [2.24, 2.45) is 5.92 Å². The van der Waals surface area contributed by atoms with Crippen molar-refractivity contribution in [2.75, 3.05) is 6.54 Å². The second kappa shape index (κ2) is 8.60. The minimum Gasteiger partial charge on any atom is -0.490 e. The summed E-state index contributed by atoms with van der Waals surface area (Å²) in [6.45, 7) is 2.30. The number of amides is 1. The van der Waals surface area contributed by atoms with Gasteiger partial charge in [-0.15, -0.1) is 0 Å². The van der Waals surface area contributed by atoms with Crippen LogP contribution in [0.1, 0.15) is 30.9 Å². The Hall–Kier alpha value is -2.67. The molecule has 0 saturated carbocycles. The Morgan fingerprint density at radius 2 is 1.57 bits per heavy atom. The first-order valence-electron chi connectivity index (χ1n) is 10.3. The normalized spacial score (nSPS) is 22.0. The zero-order valence-corrected chi connectivity index (χ0v) is 16.7. The number of aliphatic hydroxyl groups excluding tert-OH is 1. The van der Waals surface area contributed by atoms with Crippen LogP contribution < -0.4 is 14.8 Å². The molecule has 5 nitrogen and oxygen atoms in total.